The summed E-state index contributed by atoms with van der Waals surface area (Å²) in [5, 5.41) is 8.26. The summed E-state index contributed by atoms with van der Waals surface area (Å²) in [6, 6.07) is 27.7. The van der Waals surface area contributed by atoms with Crippen LogP contribution in [0.3, 0.4) is 0 Å². The number of esters is 1. The normalized spacial score (nSPS) is 14.1. The highest BCUT2D eigenvalue weighted by Crippen LogP contribution is 2.42. The van der Waals surface area contributed by atoms with E-state index in [-0.39, 0.29) is 0 Å². The maximum atomic E-state index is 12.7. The highest BCUT2D eigenvalue weighted by Gasteiger charge is 2.41. The molecule has 0 aliphatic heterocycles. The Morgan fingerprint density at radius 3 is 2.26 bits per heavy atom. The van der Waals surface area contributed by atoms with Gasteiger partial charge in [-0.25, -0.2) is 19.1 Å². The lowest BCUT2D eigenvalue weighted by atomic mass is 9.71. The maximum Gasteiger partial charge on any atom is 0.408 e. The van der Waals surface area contributed by atoms with E-state index in [9.17, 15) is 9.59 Å². The van der Waals surface area contributed by atoms with Gasteiger partial charge in [-0.2, -0.15) is 5.10 Å². The van der Waals surface area contributed by atoms with Crippen molar-refractivity contribution in [1.82, 2.24) is 19.9 Å². The molecular formula is C35H34N4O4. The number of benzene rings is 3. The first-order valence-electron chi connectivity index (χ1n) is 14.4. The van der Waals surface area contributed by atoms with Gasteiger partial charge in [0.2, 0.25) is 0 Å². The van der Waals surface area contributed by atoms with Crippen molar-refractivity contribution in [2.45, 2.75) is 51.2 Å². The van der Waals surface area contributed by atoms with E-state index in [1.165, 1.54) is 7.11 Å². The van der Waals surface area contributed by atoms with E-state index in [0.717, 1.165) is 58.5 Å². The minimum Gasteiger partial charge on any atom is -0.465 e. The first-order chi connectivity index (χ1) is 20.7. The number of aromatic nitrogens is 3. The zero-order valence-corrected chi connectivity index (χ0v) is 24.8. The molecule has 8 heteroatoms. The van der Waals surface area contributed by atoms with E-state index in [2.05, 4.69) is 46.7 Å². The van der Waals surface area contributed by atoms with Gasteiger partial charge in [-0.3, -0.25) is 0 Å². The SMILES string of the molecule is COC(=O)c1cccc(-c2cnc3cc(-c4ccccc4)c(-c4ccc(C5(NC(=O)OC(C)(C)C)CCC5)cc4)nn23)c1. The first-order valence-corrected chi connectivity index (χ1v) is 14.4. The first kappa shape index (κ1) is 28.2. The standard InChI is InChI=1S/C35H34N4O4/c1-34(2,3)43-33(41)37-35(18-9-19-35)27-16-14-24(15-17-27)31-28(23-10-6-5-7-11-23)21-30-36-22-29(39(30)38-31)25-12-8-13-26(20-25)32(40)42-4/h5-8,10-17,20-22H,9,18-19H2,1-4H3,(H,37,41). The average Bonchev–Trinajstić information content (AvgIpc) is 3.41. The number of imidazole rings is 1. The second-order valence-electron chi connectivity index (χ2n) is 11.9. The highest BCUT2D eigenvalue weighted by atomic mass is 16.6. The van der Waals surface area contributed by atoms with Gasteiger partial charge in [0.25, 0.3) is 0 Å². The molecule has 1 amide bonds. The summed E-state index contributed by atoms with van der Waals surface area (Å²) in [5.74, 6) is -0.402. The molecule has 8 nitrogen and oxygen atoms in total. The number of ether oxygens (including phenoxy) is 2. The quantitative estimate of drug-likeness (QED) is 0.212. The molecule has 0 bridgehead atoms. The molecule has 3 aromatic carbocycles. The van der Waals surface area contributed by atoms with Crippen molar-refractivity contribution in [2.24, 2.45) is 0 Å². The smallest absolute Gasteiger partial charge is 0.408 e. The number of fused-ring (bicyclic) bond motifs is 1. The van der Waals surface area contributed by atoms with E-state index in [1.54, 1.807) is 18.3 Å². The topological polar surface area (TPSA) is 94.8 Å². The monoisotopic (exact) mass is 574 g/mol. The van der Waals surface area contributed by atoms with Crippen LogP contribution in [0.25, 0.3) is 39.3 Å². The number of alkyl carbamates (subject to hydrolysis) is 1. The number of rotatable bonds is 6. The van der Waals surface area contributed by atoms with E-state index >= 15 is 0 Å². The van der Waals surface area contributed by atoms with Crippen LogP contribution in [0.15, 0.2) is 91.1 Å². The van der Waals surface area contributed by atoms with Gasteiger partial charge in [0.05, 0.1) is 35.8 Å². The Hall–Kier alpha value is -4.98. The molecule has 0 spiro atoms. The van der Waals surface area contributed by atoms with Gasteiger partial charge in [-0.05, 0) is 69.4 Å². The van der Waals surface area contributed by atoms with Crippen molar-refractivity contribution in [3.8, 4) is 33.6 Å². The van der Waals surface area contributed by atoms with Gasteiger partial charge in [0.1, 0.15) is 5.60 Å². The van der Waals surface area contributed by atoms with Gasteiger partial charge in [-0.1, -0.05) is 66.7 Å². The Labute approximate surface area is 250 Å². The molecule has 43 heavy (non-hydrogen) atoms. The lowest BCUT2D eigenvalue weighted by Crippen LogP contribution is -2.52. The number of nitrogens with one attached hydrogen (secondary N) is 1. The molecule has 0 atom stereocenters. The number of nitrogens with zero attached hydrogens (tertiary/aromatic N) is 3. The fourth-order valence-corrected chi connectivity index (χ4v) is 5.55. The zero-order valence-electron chi connectivity index (χ0n) is 24.8. The molecule has 218 valence electrons. The van der Waals surface area contributed by atoms with Crippen molar-refractivity contribution in [1.29, 1.82) is 0 Å². The molecule has 0 radical (unpaired) electrons. The number of hydrogen-bond acceptors (Lipinski definition) is 6. The average molecular weight is 575 g/mol. The Bertz CT molecular complexity index is 1800. The summed E-state index contributed by atoms with van der Waals surface area (Å²) in [6.45, 7) is 5.60. The Morgan fingerprint density at radius 2 is 1.60 bits per heavy atom. The third-order valence-corrected chi connectivity index (χ3v) is 7.82. The van der Waals surface area contributed by atoms with E-state index in [4.69, 9.17) is 14.6 Å². The van der Waals surface area contributed by atoms with Crippen LogP contribution >= 0.6 is 0 Å². The minimum atomic E-state index is -0.566. The van der Waals surface area contributed by atoms with Crippen molar-refractivity contribution in [2.75, 3.05) is 7.11 Å². The third-order valence-electron chi connectivity index (χ3n) is 7.82. The third kappa shape index (κ3) is 5.60. The number of methoxy groups -OCH3 is 1. The summed E-state index contributed by atoms with van der Waals surface area (Å²) < 4.78 is 12.3. The predicted molar refractivity (Wildman–Crippen MR) is 166 cm³/mol. The van der Waals surface area contributed by atoms with Crippen molar-refractivity contribution >= 4 is 17.7 Å². The van der Waals surface area contributed by atoms with Crippen LogP contribution in [-0.2, 0) is 15.0 Å². The lowest BCUT2D eigenvalue weighted by molar-refractivity contribution is 0.0377. The molecule has 1 aliphatic rings. The highest BCUT2D eigenvalue weighted by molar-refractivity contribution is 5.91. The van der Waals surface area contributed by atoms with E-state index in [0.29, 0.717) is 11.2 Å². The maximum absolute atomic E-state index is 12.7. The van der Waals surface area contributed by atoms with Crippen molar-refractivity contribution in [3.63, 3.8) is 0 Å². The summed E-state index contributed by atoms with van der Waals surface area (Å²) >= 11 is 0. The van der Waals surface area contributed by atoms with Gasteiger partial charge in [0, 0.05) is 16.7 Å². The number of amides is 1. The Morgan fingerprint density at radius 1 is 0.884 bits per heavy atom. The van der Waals surface area contributed by atoms with Crippen LogP contribution in [0.5, 0.6) is 0 Å². The fraction of sp³-hybridized carbons (Fsp3) is 0.257. The predicted octanol–water partition coefficient (Wildman–Crippen LogP) is 7.42. The van der Waals surface area contributed by atoms with Gasteiger partial charge in [-0.15, -0.1) is 0 Å². The molecular weight excluding hydrogens is 540 g/mol. The molecule has 1 N–H and O–H groups in total. The van der Waals surface area contributed by atoms with Gasteiger partial charge in [0.15, 0.2) is 5.65 Å². The second-order valence-corrected chi connectivity index (χ2v) is 11.9. The minimum absolute atomic E-state index is 0.402. The van der Waals surface area contributed by atoms with Crippen LogP contribution in [0, 0.1) is 0 Å². The molecule has 0 unspecified atom stereocenters. The second kappa shape index (κ2) is 11.0. The fourth-order valence-electron chi connectivity index (χ4n) is 5.55. The van der Waals surface area contributed by atoms with Gasteiger partial charge < -0.3 is 14.8 Å². The number of carbonyl (C=O) groups excluding carboxylic acids is 2. The van der Waals surface area contributed by atoms with Gasteiger partial charge >= 0.3 is 12.1 Å². The summed E-state index contributed by atoms with van der Waals surface area (Å²) in [6.07, 6.45) is 4.11. The van der Waals surface area contributed by atoms with E-state index < -0.39 is 23.2 Å². The van der Waals surface area contributed by atoms with Crippen LogP contribution in [-0.4, -0.2) is 39.4 Å². The zero-order chi connectivity index (χ0) is 30.2. The molecule has 1 fully saturated rings. The summed E-state index contributed by atoms with van der Waals surface area (Å²) in [4.78, 5) is 29.5. The summed E-state index contributed by atoms with van der Waals surface area (Å²) in [5.41, 5.74) is 6.43. The van der Waals surface area contributed by atoms with Crippen molar-refractivity contribution in [3.05, 3.63) is 102 Å². The molecule has 1 saturated carbocycles. The molecule has 2 heterocycles. The lowest BCUT2D eigenvalue weighted by Gasteiger charge is -2.43. The number of carbonyl (C=O) groups is 2. The molecule has 2 aromatic heterocycles. The molecule has 6 rings (SSSR count). The van der Waals surface area contributed by atoms with Crippen LogP contribution in [0.2, 0.25) is 0 Å². The summed E-state index contributed by atoms with van der Waals surface area (Å²) in [7, 11) is 1.37. The largest absolute Gasteiger partial charge is 0.465 e. The Kier molecular flexibility index (Phi) is 7.22. The number of hydrogen-bond donors (Lipinski definition) is 1. The van der Waals surface area contributed by atoms with Crippen LogP contribution in [0.1, 0.15) is 56.0 Å². The molecule has 0 saturated heterocycles. The van der Waals surface area contributed by atoms with Crippen molar-refractivity contribution < 1.29 is 19.1 Å². The Balaban J connectivity index is 1.42. The van der Waals surface area contributed by atoms with Crippen LogP contribution in [0.4, 0.5) is 4.79 Å². The molecule has 5 aromatic rings. The molecule has 1 aliphatic carbocycles. The van der Waals surface area contributed by atoms with E-state index in [1.807, 2.05) is 61.7 Å². The van der Waals surface area contributed by atoms with Crippen LogP contribution < -0.4 is 5.32 Å².